The van der Waals surface area contributed by atoms with Crippen LogP contribution in [-0.2, 0) is 6.54 Å². The van der Waals surface area contributed by atoms with Crippen LogP contribution in [0.1, 0.15) is 33.0 Å². The minimum atomic E-state index is -0.391. The van der Waals surface area contributed by atoms with E-state index in [2.05, 4.69) is 9.97 Å². The van der Waals surface area contributed by atoms with Crippen molar-refractivity contribution in [1.82, 2.24) is 14.5 Å². The second-order valence-electron chi connectivity index (χ2n) is 7.00. The van der Waals surface area contributed by atoms with E-state index in [1.54, 1.807) is 30.5 Å². The third-order valence-corrected chi connectivity index (χ3v) is 4.98. The summed E-state index contributed by atoms with van der Waals surface area (Å²) in [7, 11) is 0. The van der Waals surface area contributed by atoms with Gasteiger partial charge in [0, 0.05) is 17.3 Å². The number of pyridine rings is 3. The SMILES string of the molecule is Cc1ccc(C(=O)c2cn(Cc3cccc(N)n3)c3ccccc3c2=O)nc1C. The fraction of sp³-hybridized carbons (Fsp3) is 0.130. The highest BCUT2D eigenvalue weighted by molar-refractivity contribution is 6.09. The second kappa shape index (κ2) is 7.31. The molecule has 0 aliphatic rings. The summed E-state index contributed by atoms with van der Waals surface area (Å²) in [5.41, 5.74) is 9.06. The fourth-order valence-electron chi connectivity index (χ4n) is 3.29. The number of rotatable bonds is 4. The van der Waals surface area contributed by atoms with E-state index in [0.717, 1.165) is 22.5 Å². The average molecular weight is 384 g/mol. The van der Waals surface area contributed by atoms with E-state index in [0.29, 0.717) is 17.7 Å². The van der Waals surface area contributed by atoms with E-state index < -0.39 is 5.78 Å². The minimum Gasteiger partial charge on any atom is -0.384 e. The van der Waals surface area contributed by atoms with E-state index in [1.807, 2.05) is 48.7 Å². The molecule has 0 fully saturated rings. The highest BCUT2D eigenvalue weighted by Crippen LogP contribution is 2.16. The molecule has 3 heterocycles. The van der Waals surface area contributed by atoms with Crippen LogP contribution in [0, 0.1) is 13.8 Å². The summed E-state index contributed by atoms with van der Waals surface area (Å²) in [6.45, 7) is 4.15. The molecule has 4 rings (SSSR count). The van der Waals surface area contributed by atoms with Crippen LogP contribution in [0.15, 0.2) is 65.6 Å². The lowest BCUT2D eigenvalue weighted by Gasteiger charge is -2.13. The Labute approximate surface area is 167 Å². The van der Waals surface area contributed by atoms with Crippen molar-refractivity contribution < 1.29 is 4.79 Å². The number of carbonyl (C=O) groups excluding carboxylic acids is 1. The van der Waals surface area contributed by atoms with E-state index in [4.69, 9.17) is 5.73 Å². The predicted octanol–water partition coefficient (Wildman–Crippen LogP) is 3.27. The van der Waals surface area contributed by atoms with E-state index in [1.165, 1.54) is 0 Å². The van der Waals surface area contributed by atoms with Gasteiger partial charge >= 0.3 is 0 Å². The van der Waals surface area contributed by atoms with Crippen LogP contribution in [0.4, 0.5) is 5.82 Å². The molecular formula is C23H20N4O2. The minimum absolute atomic E-state index is 0.0864. The smallest absolute Gasteiger partial charge is 0.216 e. The summed E-state index contributed by atoms with van der Waals surface area (Å²) in [6.07, 6.45) is 1.59. The first kappa shape index (κ1) is 18.6. The number of hydrogen-bond donors (Lipinski definition) is 1. The van der Waals surface area contributed by atoms with Crippen molar-refractivity contribution in [2.45, 2.75) is 20.4 Å². The number of nitrogen functional groups attached to an aromatic ring is 1. The molecule has 0 saturated heterocycles. The molecule has 0 aliphatic heterocycles. The Morgan fingerprint density at radius 1 is 1.00 bits per heavy atom. The molecule has 0 unspecified atom stereocenters. The number of fused-ring (bicyclic) bond motifs is 1. The van der Waals surface area contributed by atoms with Gasteiger partial charge in [-0.1, -0.05) is 24.3 Å². The van der Waals surface area contributed by atoms with Gasteiger partial charge in [0.2, 0.25) is 11.2 Å². The number of nitrogens with zero attached hydrogens (tertiary/aromatic N) is 3. The van der Waals surface area contributed by atoms with Gasteiger partial charge in [-0.25, -0.2) is 9.97 Å². The normalized spacial score (nSPS) is 11.0. The number of nitrogens with two attached hydrogens (primary N) is 1. The zero-order chi connectivity index (χ0) is 20.5. The van der Waals surface area contributed by atoms with Crippen molar-refractivity contribution in [3.8, 4) is 0 Å². The van der Waals surface area contributed by atoms with Crippen molar-refractivity contribution in [3.63, 3.8) is 0 Å². The number of para-hydroxylation sites is 1. The van der Waals surface area contributed by atoms with Crippen LogP contribution < -0.4 is 11.2 Å². The summed E-state index contributed by atoms with van der Waals surface area (Å²) in [5, 5.41) is 0.478. The Hall–Kier alpha value is -3.80. The summed E-state index contributed by atoms with van der Waals surface area (Å²) in [4.78, 5) is 34.9. The Morgan fingerprint density at radius 2 is 1.79 bits per heavy atom. The quantitative estimate of drug-likeness (QED) is 0.545. The van der Waals surface area contributed by atoms with E-state index in [-0.39, 0.29) is 16.7 Å². The maximum absolute atomic E-state index is 13.1. The third kappa shape index (κ3) is 3.52. The lowest BCUT2D eigenvalue weighted by atomic mass is 10.0. The molecule has 0 saturated carbocycles. The van der Waals surface area contributed by atoms with Crippen molar-refractivity contribution in [3.05, 3.63) is 99.2 Å². The molecule has 0 aliphatic carbocycles. The Morgan fingerprint density at radius 3 is 2.55 bits per heavy atom. The summed E-state index contributed by atoms with van der Waals surface area (Å²) in [5.74, 6) is 0.0293. The molecule has 6 heteroatoms. The number of anilines is 1. The number of aromatic nitrogens is 3. The molecule has 1 aromatic carbocycles. The average Bonchev–Trinajstić information content (AvgIpc) is 2.72. The summed E-state index contributed by atoms with van der Waals surface area (Å²) >= 11 is 0. The first-order valence-corrected chi connectivity index (χ1v) is 9.26. The topological polar surface area (TPSA) is 90.9 Å². The monoisotopic (exact) mass is 384 g/mol. The lowest BCUT2D eigenvalue weighted by Crippen LogP contribution is -2.21. The van der Waals surface area contributed by atoms with Gasteiger partial charge < -0.3 is 10.3 Å². The van der Waals surface area contributed by atoms with Crippen LogP contribution in [0.5, 0.6) is 0 Å². The maximum atomic E-state index is 13.1. The number of benzene rings is 1. The van der Waals surface area contributed by atoms with Gasteiger partial charge in [0.1, 0.15) is 11.5 Å². The zero-order valence-corrected chi connectivity index (χ0v) is 16.2. The van der Waals surface area contributed by atoms with E-state index in [9.17, 15) is 9.59 Å². The molecule has 0 atom stereocenters. The molecular weight excluding hydrogens is 364 g/mol. The predicted molar refractivity (Wildman–Crippen MR) is 113 cm³/mol. The molecule has 6 nitrogen and oxygen atoms in total. The van der Waals surface area contributed by atoms with Gasteiger partial charge in [0.25, 0.3) is 0 Å². The molecule has 0 radical (unpaired) electrons. The van der Waals surface area contributed by atoms with E-state index >= 15 is 0 Å². The van der Waals surface area contributed by atoms with Gasteiger partial charge in [0.15, 0.2) is 0 Å². The van der Waals surface area contributed by atoms with Crippen LogP contribution in [0.2, 0.25) is 0 Å². The first-order chi connectivity index (χ1) is 13.9. The van der Waals surface area contributed by atoms with Crippen molar-refractivity contribution in [2.75, 3.05) is 5.73 Å². The third-order valence-electron chi connectivity index (χ3n) is 4.98. The number of ketones is 1. The van der Waals surface area contributed by atoms with Gasteiger partial charge in [-0.2, -0.15) is 0 Å². The summed E-state index contributed by atoms with van der Waals surface area (Å²) in [6, 6.07) is 16.1. The van der Waals surface area contributed by atoms with Gasteiger partial charge in [-0.15, -0.1) is 0 Å². The number of aryl methyl sites for hydroxylation is 2. The molecule has 0 spiro atoms. The Bertz CT molecular complexity index is 1310. The Kier molecular flexibility index (Phi) is 4.68. The van der Waals surface area contributed by atoms with Crippen LogP contribution in [0.3, 0.4) is 0 Å². The van der Waals surface area contributed by atoms with Crippen molar-refractivity contribution in [2.24, 2.45) is 0 Å². The van der Waals surface area contributed by atoms with Crippen LogP contribution in [0.25, 0.3) is 10.9 Å². The highest BCUT2D eigenvalue weighted by atomic mass is 16.1. The van der Waals surface area contributed by atoms with Crippen molar-refractivity contribution in [1.29, 1.82) is 0 Å². The standard InChI is InChI=1S/C23H20N4O2/c1-14-10-11-19(25-15(14)2)23(29)18-13-27(12-16-6-5-9-21(24)26-16)20-8-4-3-7-17(20)22(18)28/h3-11,13H,12H2,1-2H3,(H2,24,26). The largest absolute Gasteiger partial charge is 0.384 e. The van der Waals surface area contributed by atoms with Crippen LogP contribution in [-0.4, -0.2) is 20.3 Å². The maximum Gasteiger partial charge on any atom is 0.216 e. The lowest BCUT2D eigenvalue weighted by molar-refractivity contribution is 0.103. The second-order valence-corrected chi connectivity index (χ2v) is 7.00. The molecule has 2 N–H and O–H groups in total. The zero-order valence-electron chi connectivity index (χ0n) is 16.2. The van der Waals surface area contributed by atoms with Gasteiger partial charge in [0.05, 0.1) is 23.3 Å². The summed E-state index contributed by atoms with van der Waals surface area (Å²) < 4.78 is 1.85. The molecule has 0 amide bonds. The molecule has 0 bridgehead atoms. The highest BCUT2D eigenvalue weighted by Gasteiger charge is 2.19. The van der Waals surface area contributed by atoms with Crippen molar-refractivity contribution >= 4 is 22.5 Å². The fourth-order valence-corrected chi connectivity index (χ4v) is 3.29. The van der Waals surface area contributed by atoms with Gasteiger partial charge in [-0.3, -0.25) is 9.59 Å². The first-order valence-electron chi connectivity index (χ1n) is 9.26. The molecule has 3 aromatic heterocycles. The van der Waals surface area contributed by atoms with Crippen LogP contribution >= 0.6 is 0 Å². The Balaban J connectivity index is 1.88. The number of carbonyl (C=O) groups is 1. The molecule has 29 heavy (non-hydrogen) atoms. The van der Waals surface area contributed by atoms with Gasteiger partial charge in [-0.05, 0) is 49.7 Å². The molecule has 144 valence electrons. The number of hydrogen-bond acceptors (Lipinski definition) is 5. The molecule has 4 aromatic rings.